The molecule has 1 aliphatic carbocycles. The van der Waals surface area contributed by atoms with Crippen LogP contribution in [0.3, 0.4) is 0 Å². The average molecular weight is 443 g/mol. The van der Waals surface area contributed by atoms with Crippen molar-refractivity contribution in [2.75, 3.05) is 19.7 Å². The van der Waals surface area contributed by atoms with Crippen molar-refractivity contribution in [1.82, 2.24) is 15.1 Å². The highest BCUT2D eigenvalue weighted by molar-refractivity contribution is 6.06. The van der Waals surface area contributed by atoms with Gasteiger partial charge in [0.15, 0.2) is 0 Å². The summed E-state index contributed by atoms with van der Waals surface area (Å²) < 4.78 is 5.98. The fourth-order valence-electron chi connectivity index (χ4n) is 4.66. The highest BCUT2D eigenvalue weighted by Crippen LogP contribution is 2.38. The Morgan fingerprint density at radius 2 is 2.03 bits per heavy atom. The molecule has 9 nitrogen and oxygen atoms in total. The van der Waals surface area contributed by atoms with E-state index in [0.29, 0.717) is 50.7 Å². The lowest BCUT2D eigenvalue weighted by atomic mass is 10.0. The zero-order valence-electron chi connectivity index (χ0n) is 18.4. The van der Waals surface area contributed by atoms with Crippen LogP contribution in [0.2, 0.25) is 0 Å². The van der Waals surface area contributed by atoms with Crippen LogP contribution in [0, 0.1) is 6.92 Å². The molecule has 1 saturated heterocycles. The molecule has 2 fully saturated rings. The maximum Gasteiger partial charge on any atom is 0.323 e. The number of hydrogen-bond acceptors (Lipinski definition) is 6. The fraction of sp³-hybridized carbons (Fsp3) is 0.565. The van der Waals surface area contributed by atoms with Gasteiger partial charge in [-0.15, -0.1) is 0 Å². The molecule has 0 unspecified atom stereocenters. The predicted molar refractivity (Wildman–Crippen MR) is 118 cm³/mol. The summed E-state index contributed by atoms with van der Waals surface area (Å²) in [5, 5.41) is 11.9. The smallest absolute Gasteiger partial charge is 0.323 e. The van der Waals surface area contributed by atoms with Gasteiger partial charge in [-0.3, -0.25) is 19.7 Å². The molecule has 1 aromatic carbocycles. The van der Waals surface area contributed by atoms with Crippen molar-refractivity contribution in [3.8, 4) is 5.75 Å². The van der Waals surface area contributed by atoms with Crippen LogP contribution >= 0.6 is 0 Å². The Labute approximate surface area is 187 Å². The normalized spacial score (nSPS) is 17.5. The number of fused-ring (bicyclic) bond motifs is 2. The largest absolute Gasteiger partial charge is 0.491 e. The first-order chi connectivity index (χ1) is 15.4. The summed E-state index contributed by atoms with van der Waals surface area (Å²) in [5.41, 5.74) is 2.91. The Balaban J connectivity index is 1.30. The minimum atomic E-state index is -0.962. The van der Waals surface area contributed by atoms with E-state index in [1.807, 2.05) is 24.0 Å². The molecule has 1 saturated carbocycles. The third-order valence-corrected chi connectivity index (χ3v) is 6.37. The van der Waals surface area contributed by atoms with Crippen LogP contribution in [0.4, 0.5) is 5.69 Å². The van der Waals surface area contributed by atoms with Crippen molar-refractivity contribution < 1.29 is 24.2 Å². The van der Waals surface area contributed by atoms with Gasteiger partial charge in [0.1, 0.15) is 24.5 Å². The van der Waals surface area contributed by atoms with Gasteiger partial charge in [0, 0.05) is 24.6 Å². The number of amides is 2. The molecule has 2 heterocycles. The monoisotopic (exact) mass is 442 g/mol. The molecule has 0 bridgehead atoms. The van der Waals surface area contributed by atoms with E-state index in [1.54, 1.807) is 4.90 Å². The molecule has 0 radical (unpaired) electrons. The van der Waals surface area contributed by atoms with Gasteiger partial charge >= 0.3 is 5.97 Å². The van der Waals surface area contributed by atoms with Crippen LogP contribution in [0.15, 0.2) is 17.1 Å². The van der Waals surface area contributed by atoms with Gasteiger partial charge in [-0.05, 0) is 44.2 Å². The van der Waals surface area contributed by atoms with Gasteiger partial charge in [0.25, 0.3) is 0 Å². The molecule has 2 amide bonds. The summed E-state index contributed by atoms with van der Waals surface area (Å²) in [6, 6.07) is 3.95. The topological polar surface area (TPSA) is 112 Å². The number of rotatable bonds is 9. The first kappa shape index (κ1) is 22.1. The van der Waals surface area contributed by atoms with Crippen LogP contribution in [0.5, 0.6) is 5.75 Å². The van der Waals surface area contributed by atoms with E-state index >= 15 is 0 Å². The number of unbranched alkanes of at least 4 members (excludes halogenated alkanes) is 1. The van der Waals surface area contributed by atoms with Crippen LogP contribution in [0.25, 0.3) is 0 Å². The van der Waals surface area contributed by atoms with E-state index in [1.165, 1.54) is 0 Å². The predicted octanol–water partition coefficient (Wildman–Crippen LogP) is 2.33. The summed E-state index contributed by atoms with van der Waals surface area (Å²) >= 11 is 0. The minimum absolute atomic E-state index is 0.0590. The van der Waals surface area contributed by atoms with E-state index in [0.717, 1.165) is 42.5 Å². The van der Waals surface area contributed by atoms with Gasteiger partial charge in [0.2, 0.25) is 17.8 Å². The maximum atomic E-state index is 12.6. The molecule has 3 aliphatic rings. The number of nitrogens with one attached hydrogen (secondary N) is 1. The maximum absolute atomic E-state index is 12.6. The molecule has 9 heteroatoms. The number of guanidine groups is 1. The van der Waals surface area contributed by atoms with Crippen molar-refractivity contribution in [3.63, 3.8) is 0 Å². The average Bonchev–Trinajstić information content (AvgIpc) is 3.40. The number of carbonyl (C=O) groups excluding carboxylic acids is 2. The summed E-state index contributed by atoms with van der Waals surface area (Å²) in [6.07, 6.45) is 5.51. The lowest BCUT2D eigenvalue weighted by Gasteiger charge is -2.27. The van der Waals surface area contributed by atoms with E-state index in [2.05, 4.69) is 10.3 Å². The number of aliphatic carboxylic acids is 1. The lowest BCUT2D eigenvalue weighted by molar-refractivity contribution is -0.146. The van der Waals surface area contributed by atoms with Crippen LogP contribution in [-0.2, 0) is 20.9 Å². The Morgan fingerprint density at radius 1 is 1.25 bits per heavy atom. The molecule has 2 N–H and O–H groups in total. The standard InChI is InChI=1S/C23H30N4O5/c1-15-9-10-18(22-17(15)12-26-13-19(28)24-23(26)25-22)32-11-5-4-8-20(29)27(14-21(30)31)16-6-2-3-7-16/h9-10,16H,2-8,11-14H2,1H3,(H,30,31)(H,24,25,28). The van der Waals surface area contributed by atoms with Crippen LogP contribution < -0.4 is 10.1 Å². The number of carboxylic acids is 1. The summed E-state index contributed by atoms with van der Waals surface area (Å²) in [4.78, 5) is 43.6. The van der Waals surface area contributed by atoms with Gasteiger partial charge in [-0.2, -0.15) is 0 Å². The number of benzene rings is 1. The molecule has 4 rings (SSSR count). The van der Waals surface area contributed by atoms with E-state index in [9.17, 15) is 14.4 Å². The Morgan fingerprint density at radius 3 is 2.78 bits per heavy atom. The number of carbonyl (C=O) groups is 3. The number of carboxylic acid groups (broad SMARTS) is 1. The highest BCUT2D eigenvalue weighted by Gasteiger charge is 2.31. The summed E-state index contributed by atoms with van der Waals surface area (Å²) in [5.74, 6) is 0.125. The van der Waals surface area contributed by atoms with E-state index in [-0.39, 0.29) is 24.4 Å². The molecular formula is C23H30N4O5. The highest BCUT2D eigenvalue weighted by atomic mass is 16.5. The van der Waals surface area contributed by atoms with E-state index < -0.39 is 5.97 Å². The molecule has 0 spiro atoms. The fourth-order valence-corrected chi connectivity index (χ4v) is 4.66. The van der Waals surface area contributed by atoms with Crippen molar-refractivity contribution in [2.45, 2.75) is 64.5 Å². The minimum Gasteiger partial charge on any atom is -0.491 e. The zero-order chi connectivity index (χ0) is 22.7. The number of hydrogen-bond donors (Lipinski definition) is 2. The van der Waals surface area contributed by atoms with Crippen molar-refractivity contribution in [1.29, 1.82) is 0 Å². The molecule has 1 aromatic rings. The summed E-state index contributed by atoms with van der Waals surface area (Å²) in [6.45, 7) is 3.17. The Hall–Kier alpha value is -3.10. The molecular weight excluding hydrogens is 412 g/mol. The van der Waals surface area contributed by atoms with Crippen molar-refractivity contribution >= 4 is 29.4 Å². The molecule has 172 valence electrons. The van der Waals surface area contributed by atoms with E-state index in [4.69, 9.17) is 9.84 Å². The van der Waals surface area contributed by atoms with Crippen molar-refractivity contribution in [2.24, 2.45) is 4.99 Å². The third kappa shape index (κ3) is 4.87. The number of aliphatic imine (C=N–C) groups is 1. The number of ether oxygens (including phenoxy) is 1. The molecule has 2 aliphatic heterocycles. The van der Waals surface area contributed by atoms with Gasteiger partial charge in [-0.1, -0.05) is 18.9 Å². The summed E-state index contributed by atoms with van der Waals surface area (Å²) in [7, 11) is 0. The Kier molecular flexibility index (Phi) is 6.62. The second-order valence-electron chi connectivity index (χ2n) is 8.71. The quantitative estimate of drug-likeness (QED) is 0.568. The first-order valence-corrected chi connectivity index (χ1v) is 11.3. The molecule has 32 heavy (non-hydrogen) atoms. The zero-order valence-corrected chi connectivity index (χ0v) is 18.4. The van der Waals surface area contributed by atoms with Crippen LogP contribution in [-0.4, -0.2) is 64.4 Å². The third-order valence-electron chi connectivity index (χ3n) is 6.37. The van der Waals surface area contributed by atoms with Gasteiger partial charge in [-0.25, -0.2) is 4.99 Å². The molecule has 0 atom stereocenters. The second kappa shape index (κ2) is 9.58. The second-order valence-corrected chi connectivity index (χ2v) is 8.71. The van der Waals surface area contributed by atoms with Crippen molar-refractivity contribution in [3.05, 3.63) is 23.3 Å². The van der Waals surface area contributed by atoms with Gasteiger partial charge in [0.05, 0.1) is 6.61 Å². The SMILES string of the molecule is Cc1ccc(OCCCCC(=O)N(CC(=O)O)C2CCCC2)c2c1CN1CC(=O)NC1=N2. The number of nitrogens with zero attached hydrogens (tertiary/aromatic N) is 3. The lowest BCUT2D eigenvalue weighted by Crippen LogP contribution is -2.42. The Bertz CT molecular complexity index is 939. The van der Waals surface area contributed by atoms with Crippen LogP contribution in [0.1, 0.15) is 56.1 Å². The first-order valence-electron chi connectivity index (χ1n) is 11.3. The molecule has 0 aromatic heterocycles. The van der Waals surface area contributed by atoms with Gasteiger partial charge < -0.3 is 19.6 Å². The number of aryl methyl sites for hydroxylation is 1.